The number of aryl methyl sites for hydroxylation is 2. The average molecular weight is 306 g/mol. The molecule has 1 atom stereocenters. The Bertz CT molecular complexity index is 718. The number of thiophene rings is 1. The molecule has 0 saturated heterocycles. The molecule has 3 nitrogen and oxygen atoms in total. The van der Waals surface area contributed by atoms with Crippen molar-refractivity contribution in [1.82, 2.24) is 14.5 Å². The summed E-state index contributed by atoms with van der Waals surface area (Å²) in [7, 11) is 0. The molecule has 5 heteroatoms. The van der Waals surface area contributed by atoms with Crippen LogP contribution in [0.1, 0.15) is 29.2 Å². The van der Waals surface area contributed by atoms with Gasteiger partial charge in [0.25, 0.3) is 0 Å². The summed E-state index contributed by atoms with van der Waals surface area (Å²) in [6.45, 7) is 4.22. The highest BCUT2D eigenvalue weighted by Gasteiger charge is 2.18. The van der Waals surface area contributed by atoms with Gasteiger partial charge < -0.3 is 4.57 Å². The number of rotatable bonds is 4. The number of alkyl halides is 1. The van der Waals surface area contributed by atoms with Crippen molar-refractivity contribution in [3.8, 4) is 0 Å². The minimum Gasteiger partial charge on any atom is -0.304 e. The first kappa shape index (κ1) is 13.6. The summed E-state index contributed by atoms with van der Waals surface area (Å²) in [5, 5.41) is 2.10. The fourth-order valence-corrected chi connectivity index (χ4v) is 3.40. The Morgan fingerprint density at radius 3 is 3.00 bits per heavy atom. The Morgan fingerprint density at radius 1 is 1.45 bits per heavy atom. The van der Waals surface area contributed by atoms with Gasteiger partial charge in [-0.15, -0.1) is 22.9 Å². The molecule has 0 aliphatic carbocycles. The van der Waals surface area contributed by atoms with Crippen molar-refractivity contribution in [2.45, 2.75) is 26.3 Å². The van der Waals surface area contributed by atoms with E-state index in [1.165, 1.54) is 4.88 Å². The van der Waals surface area contributed by atoms with Crippen LogP contribution in [0, 0.1) is 6.92 Å². The maximum absolute atomic E-state index is 5.93. The summed E-state index contributed by atoms with van der Waals surface area (Å²) < 4.78 is 2.21. The van der Waals surface area contributed by atoms with E-state index in [9.17, 15) is 0 Å². The summed E-state index contributed by atoms with van der Waals surface area (Å²) in [5.74, 6) is 1.58. The van der Waals surface area contributed by atoms with Gasteiger partial charge in [0, 0.05) is 23.4 Å². The SMILES string of the molecule is Cc1cnc2c(c1)nc(CCCl)n2C(C)c1cccs1. The van der Waals surface area contributed by atoms with Gasteiger partial charge in [-0.2, -0.15) is 0 Å². The lowest BCUT2D eigenvalue weighted by Gasteiger charge is -2.15. The van der Waals surface area contributed by atoms with Gasteiger partial charge in [-0.25, -0.2) is 9.97 Å². The summed E-state index contributed by atoms with van der Waals surface area (Å²) in [6.07, 6.45) is 2.65. The van der Waals surface area contributed by atoms with Gasteiger partial charge in [0.2, 0.25) is 0 Å². The van der Waals surface area contributed by atoms with Gasteiger partial charge >= 0.3 is 0 Å². The van der Waals surface area contributed by atoms with E-state index in [0.717, 1.165) is 29.0 Å². The van der Waals surface area contributed by atoms with Crippen LogP contribution in [0.15, 0.2) is 29.8 Å². The Kier molecular flexibility index (Phi) is 3.76. The Balaban J connectivity index is 2.18. The highest BCUT2D eigenvalue weighted by atomic mass is 35.5. The summed E-state index contributed by atoms with van der Waals surface area (Å²) in [4.78, 5) is 10.6. The number of nitrogens with zero attached hydrogens (tertiary/aromatic N) is 3. The maximum atomic E-state index is 5.93. The lowest BCUT2D eigenvalue weighted by atomic mass is 10.2. The topological polar surface area (TPSA) is 30.7 Å². The molecule has 0 bridgehead atoms. The number of hydrogen-bond donors (Lipinski definition) is 0. The van der Waals surface area contributed by atoms with Gasteiger partial charge in [-0.3, -0.25) is 0 Å². The Hall–Kier alpha value is -1.39. The van der Waals surface area contributed by atoms with Crippen molar-refractivity contribution in [3.63, 3.8) is 0 Å². The normalized spacial score (nSPS) is 12.9. The number of hydrogen-bond acceptors (Lipinski definition) is 3. The molecular formula is C15H16ClN3S. The van der Waals surface area contributed by atoms with Crippen molar-refractivity contribution in [3.05, 3.63) is 46.0 Å². The molecule has 0 amide bonds. The molecule has 3 rings (SSSR count). The number of aromatic nitrogens is 3. The molecule has 20 heavy (non-hydrogen) atoms. The highest BCUT2D eigenvalue weighted by molar-refractivity contribution is 7.10. The predicted molar refractivity (Wildman–Crippen MR) is 84.8 cm³/mol. The third-order valence-electron chi connectivity index (χ3n) is 3.40. The van der Waals surface area contributed by atoms with Crippen molar-refractivity contribution >= 4 is 34.1 Å². The van der Waals surface area contributed by atoms with E-state index in [4.69, 9.17) is 16.6 Å². The van der Waals surface area contributed by atoms with E-state index < -0.39 is 0 Å². The van der Waals surface area contributed by atoms with Crippen molar-refractivity contribution in [2.75, 3.05) is 5.88 Å². The Morgan fingerprint density at radius 2 is 2.30 bits per heavy atom. The molecule has 3 aromatic rings. The molecule has 0 aliphatic rings. The van der Waals surface area contributed by atoms with Gasteiger partial charge in [0.05, 0.1) is 6.04 Å². The summed E-state index contributed by atoms with van der Waals surface area (Å²) in [6, 6.07) is 6.54. The predicted octanol–water partition coefficient (Wildman–Crippen LogP) is 4.19. The van der Waals surface area contributed by atoms with Gasteiger partial charge in [-0.05, 0) is 36.9 Å². The average Bonchev–Trinajstić information content (AvgIpc) is 3.05. The minimum absolute atomic E-state index is 0.230. The zero-order valence-corrected chi connectivity index (χ0v) is 13.1. The van der Waals surface area contributed by atoms with Crippen LogP contribution in [0.2, 0.25) is 0 Å². The first-order valence-corrected chi connectivity index (χ1v) is 8.05. The lowest BCUT2D eigenvalue weighted by molar-refractivity contribution is 0.628. The first-order chi connectivity index (χ1) is 9.70. The van der Waals surface area contributed by atoms with Crippen molar-refractivity contribution in [1.29, 1.82) is 0 Å². The second-order valence-electron chi connectivity index (χ2n) is 4.88. The number of halogens is 1. The van der Waals surface area contributed by atoms with Crippen LogP contribution in [0.3, 0.4) is 0 Å². The Labute approximate surface area is 127 Å². The fourth-order valence-electron chi connectivity index (χ4n) is 2.45. The quantitative estimate of drug-likeness (QED) is 0.677. The van der Waals surface area contributed by atoms with Crippen LogP contribution >= 0.6 is 22.9 Å². The van der Waals surface area contributed by atoms with Crippen LogP contribution in [0.25, 0.3) is 11.2 Å². The van der Waals surface area contributed by atoms with Crippen LogP contribution in [-0.4, -0.2) is 20.4 Å². The molecular weight excluding hydrogens is 290 g/mol. The summed E-state index contributed by atoms with van der Waals surface area (Å²) in [5.41, 5.74) is 3.02. The third kappa shape index (κ3) is 2.34. The van der Waals surface area contributed by atoms with E-state index >= 15 is 0 Å². The molecule has 104 valence electrons. The van der Waals surface area contributed by atoms with Crippen LogP contribution in [0.4, 0.5) is 0 Å². The second-order valence-corrected chi connectivity index (χ2v) is 6.24. The number of imidazole rings is 1. The molecule has 0 aliphatic heterocycles. The monoisotopic (exact) mass is 305 g/mol. The fraction of sp³-hybridized carbons (Fsp3) is 0.333. The van der Waals surface area contributed by atoms with Crippen LogP contribution < -0.4 is 0 Å². The van der Waals surface area contributed by atoms with E-state index in [0.29, 0.717) is 5.88 Å². The number of pyridine rings is 1. The maximum Gasteiger partial charge on any atom is 0.160 e. The number of fused-ring (bicyclic) bond motifs is 1. The van der Waals surface area contributed by atoms with E-state index in [2.05, 4.69) is 40.1 Å². The molecule has 3 heterocycles. The molecule has 0 spiro atoms. The van der Waals surface area contributed by atoms with E-state index in [1.807, 2.05) is 13.1 Å². The van der Waals surface area contributed by atoms with Crippen LogP contribution in [-0.2, 0) is 6.42 Å². The van der Waals surface area contributed by atoms with Crippen molar-refractivity contribution in [2.24, 2.45) is 0 Å². The minimum atomic E-state index is 0.230. The van der Waals surface area contributed by atoms with E-state index in [1.54, 1.807) is 11.3 Å². The molecule has 1 unspecified atom stereocenters. The first-order valence-electron chi connectivity index (χ1n) is 6.63. The molecule has 0 N–H and O–H groups in total. The summed E-state index contributed by atoms with van der Waals surface area (Å²) >= 11 is 7.68. The van der Waals surface area contributed by atoms with Gasteiger partial charge in [0.1, 0.15) is 11.3 Å². The molecule has 0 fully saturated rings. The molecule has 0 aromatic carbocycles. The second kappa shape index (κ2) is 5.54. The highest BCUT2D eigenvalue weighted by Crippen LogP contribution is 2.28. The van der Waals surface area contributed by atoms with Crippen molar-refractivity contribution < 1.29 is 0 Å². The third-order valence-corrected chi connectivity index (χ3v) is 4.63. The smallest absolute Gasteiger partial charge is 0.160 e. The molecule has 0 radical (unpaired) electrons. The van der Waals surface area contributed by atoms with E-state index in [-0.39, 0.29) is 6.04 Å². The zero-order valence-electron chi connectivity index (χ0n) is 11.5. The van der Waals surface area contributed by atoms with Gasteiger partial charge in [0.15, 0.2) is 5.65 Å². The molecule has 3 aromatic heterocycles. The molecule has 0 saturated carbocycles. The van der Waals surface area contributed by atoms with Crippen LogP contribution in [0.5, 0.6) is 0 Å². The standard InChI is InChI=1S/C15H16ClN3S/c1-10-8-12-15(17-9-10)19(14(18-12)5-6-16)11(2)13-4-3-7-20-13/h3-4,7-9,11H,5-6H2,1-2H3. The largest absolute Gasteiger partial charge is 0.304 e. The zero-order chi connectivity index (χ0) is 14.1. The lowest BCUT2D eigenvalue weighted by Crippen LogP contribution is -2.10. The van der Waals surface area contributed by atoms with Gasteiger partial charge in [-0.1, -0.05) is 6.07 Å².